The van der Waals surface area contributed by atoms with Gasteiger partial charge in [-0.2, -0.15) is 5.26 Å². The van der Waals surface area contributed by atoms with Crippen LogP contribution in [0.4, 0.5) is 5.69 Å². The molecular formula is C11H13N3O2. The van der Waals surface area contributed by atoms with Crippen LogP contribution in [0, 0.1) is 11.3 Å². The van der Waals surface area contributed by atoms with Gasteiger partial charge in [0.1, 0.15) is 11.7 Å². The Morgan fingerprint density at radius 2 is 2.19 bits per heavy atom. The average Bonchev–Trinajstić information content (AvgIpc) is 2.14. The van der Waals surface area contributed by atoms with Gasteiger partial charge in [0.2, 0.25) is 0 Å². The predicted molar refractivity (Wildman–Crippen MR) is 58.5 cm³/mol. The van der Waals surface area contributed by atoms with E-state index in [2.05, 4.69) is 4.98 Å². The van der Waals surface area contributed by atoms with Crippen molar-refractivity contribution in [2.75, 3.05) is 5.73 Å². The third kappa shape index (κ3) is 2.95. The van der Waals surface area contributed by atoms with Crippen LogP contribution < -0.4 is 5.73 Å². The minimum atomic E-state index is -0.598. The molecule has 0 fully saturated rings. The molecule has 1 rings (SSSR count). The first kappa shape index (κ1) is 12.0. The largest absolute Gasteiger partial charge is 0.455 e. The third-order valence-corrected chi connectivity index (χ3v) is 1.64. The van der Waals surface area contributed by atoms with Crippen LogP contribution in [0.2, 0.25) is 0 Å². The van der Waals surface area contributed by atoms with Crippen molar-refractivity contribution < 1.29 is 9.53 Å². The van der Waals surface area contributed by atoms with Crippen LogP contribution in [0.3, 0.4) is 0 Å². The van der Waals surface area contributed by atoms with E-state index in [4.69, 9.17) is 15.7 Å². The fraction of sp³-hybridized carbons (Fsp3) is 0.364. The molecule has 1 aromatic rings. The monoisotopic (exact) mass is 219 g/mol. The van der Waals surface area contributed by atoms with Crippen LogP contribution in [0.1, 0.15) is 36.8 Å². The highest BCUT2D eigenvalue weighted by Gasteiger charge is 2.20. The van der Waals surface area contributed by atoms with Gasteiger partial charge in [0.25, 0.3) is 0 Å². The van der Waals surface area contributed by atoms with Gasteiger partial charge < -0.3 is 10.5 Å². The van der Waals surface area contributed by atoms with Gasteiger partial charge in [-0.25, -0.2) is 9.78 Å². The van der Waals surface area contributed by atoms with Crippen molar-refractivity contribution in [1.29, 1.82) is 5.26 Å². The molecule has 0 bridgehead atoms. The molecule has 16 heavy (non-hydrogen) atoms. The van der Waals surface area contributed by atoms with Crippen molar-refractivity contribution in [3.63, 3.8) is 0 Å². The van der Waals surface area contributed by atoms with E-state index in [1.807, 2.05) is 6.07 Å². The Balaban J connectivity index is 2.98. The van der Waals surface area contributed by atoms with Crippen LogP contribution in [-0.2, 0) is 4.74 Å². The zero-order chi connectivity index (χ0) is 12.3. The Hall–Kier alpha value is -2.09. The molecular weight excluding hydrogens is 206 g/mol. The number of hydrogen-bond acceptors (Lipinski definition) is 5. The number of esters is 1. The van der Waals surface area contributed by atoms with E-state index in [0.717, 1.165) is 0 Å². The first-order valence-electron chi connectivity index (χ1n) is 4.72. The maximum Gasteiger partial charge on any atom is 0.359 e. The lowest BCUT2D eigenvalue weighted by Crippen LogP contribution is -2.25. The van der Waals surface area contributed by atoms with Crippen molar-refractivity contribution in [1.82, 2.24) is 4.98 Å². The normalized spacial score (nSPS) is 10.6. The van der Waals surface area contributed by atoms with E-state index < -0.39 is 11.6 Å². The fourth-order valence-electron chi connectivity index (χ4n) is 1.04. The SMILES string of the molecule is CC(C)(C)OC(=O)c1ncc(C#N)cc1N. The van der Waals surface area contributed by atoms with Gasteiger partial charge >= 0.3 is 5.97 Å². The number of nitrogen functional groups attached to an aromatic ring is 1. The molecule has 0 radical (unpaired) electrons. The Morgan fingerprint density at radius 3 is 2.62 bits per heavy atom. The quantitative estimate of drug-likeness (QED) is 0.723. The summed E-state index contributed by atoms with van der Waals surface area (Å²) in [4.78, 5) is 15.4. The summed E-state index contributed by atoms with van der Waals surface area (Å²) < 4.78 is 5.11. The molecule has 0 saturated carbocycles. The van der Waals surface area contributed by atoms with Gasteiger partial charge in [-0.1, -0.05) is 0 Å². The van der Waals surface area contributed by atoms with Gasteiger partial charge in [-0.05, 0) is 26.8 Å². The molecule has 5 nitrogen and oxygen atoms in total. The van der Waals surface area contributed by atoms with Crippen LogP contribution in [0.15, 0.2) is 12.3 Å². The molecule has 84 valence electrons. The Kier molecular flexibility index (Phi) is 3.14. The average molecular weight is 219 g/mol. The molecule has 1 heterocycles. The number of pyridine rings is 1. The second-order valence-electron chi connectivity index (χ2n) is 4.28. The highest BCUT2D eigenvalue weighted by Crippen LogP contribution is 2.16. The van der Waals surface area contributed by atoms with Crippen molar-refractivity contribution >= 4 is 11.7 Å². The standard InChI is InChI=1S/C11H13N3O2/c1-11(2,3)16-10(15)9-8(13)4-7(5-12)6-14-9/h4,6H,13H2,1-3H3. The van der Waals surface area contributed by atoms with Crippen molar-refractivity contribution in [2.45, 2.75) is 26.4 Å². The number of nitriles is 1. The molecule has 0 aromatic carbocycles. The van der Waals surface area contributed by atoms with E-state index in [1.54, 1.807) is 20.8 Å². The molecule has 2 N–H and O–H groups in total. The third-order valence-electron chi connectivity index (χ3n) is 1.64. The van der Waals surface area contributed by atoms with Gasteiger partial charge in [-0.15, -0.1) is 0 Å². The first-order valence-corrected chi connectivity index (χ1v) is 4.72. The molecule has 5 heteroatoms. The highest BCUT2D eigenvalue weighted by atomic mass is 16.6. The zero-order valence-electron chi connectivity index (χ0n) is 9.44. The summed E-state index contributed by atoms with van der Waals surface area (Å²) in [5.74, 6) is -0.588. The number of anilines is 1. The summed E-state index contributed by atoms with van der Waals surface area (Å²) in [6.45, 7) is 5.26. The molecule has 0 atom stereocenters. The van der Waals surface area contributed by atoms with E-state index in [9.17, 15) is 4.79 Å². The summed E-state index contributed by atoms with van der Waals surface area (Å²) >= 11 is 0. The number of rotatable bonds is 1. The number of hydrogen-bond donors (Lipinski definition) is 1. The number of nitrogens with two attached hydrogens (primary N) is 1. The van der Waals surface area contributed by atoms with E-state index >= 15 is 0 Å². The Morgan fingerprint density at radius 1 is 1.56 bits per heavy atom. The number of nitrogens with zero attached hydrogens (tertiary/aromatic N) is 2. The minimum Gasteiger partial charge on any atom is -0.455 e. The second-order valence-corrected chi connectivity index (χ2v) is 4.28. The van der Waals surface area contributed by atoms with Gasteiger partial charge in [0.15, 0.2) is 5.69 Å². The zero-order valence-corrected chi connectivity index (χ0v) is 9.44. The van der Waals surface area contributed by atoms with Crippen molar-refractivity contribution in [3.8, 4) is 6.07 Å². The number of carbonyl (C=O) groups excluding carboxylic acids is 1. The van der Waals surface area contributed by atoms with Gasteiger partial charge in [0, 0.05) is 6.20 Å². The first-order chi connectivity index (χ1) is 7.33. The van der Waals surface area contributed by atoms with Crippen LogP contribution in [0.5, 0.6) is 0 Å². The molecule has 0 aliphatic heterocycles. The molecule has 0 aliphatic rings. The molecule has 0 aliphatic carbocycles. The summed E-state index contributed by atoms with van der Waals surface area (Å²) in [5.41, 5.74) is 5.50. The number of aromatic nitrogens is 1. The van der Waals surface area contributed by atoms with Crippen LogP contribution in [-0.4, -0.2) is 16.6 Å². The molecule has 0 saturated heterocycles. The number of carbonyl (C=O) groups is 1. The topological polar surface area (TPSA) is 89.0 Å². The van der Waals surface area contributed by atoms with Crippen molar-refractivity contribution in [3.05, 3.63) is 23.5 Å². The smallest absolute Gasteiger partial charge is 0.359 e. The van der Waals surface area contributed by atoms with E-state index in [0.29, 0.717) is 5.56 Å². The molecule has 0 spiro atoms. The molecule has 1 aromatic heterocycles. The van der Waals surface area contributed by atoms with E-state index in [-0.39, 0.29) is 11.4 Å². The minimum absolute atomic E-state index is 0.0360. The lowest BCUT2D eigenvalue weighted by atomic mass is 10.2. The second kappa shape index (κ2) is 4.19. The number of ether oxygens (including phenoxy) is 1. The Bertz CT molecular complexity index is 455. The maximum atomic E-state index is 11.6. The Labute approximate surface area is 93.8 Å². The molecule has 0 unspecified atom stereocenters. The lowest BCUT2D eigenvalue weighted by molar-refractivity contribution is 0.00642. The summed E-state index contributed by atoms with van der Waals surface area (Å²) in [6, 6.07) is 3.28. The van der Waals surface area contributed by atoms with Gasteiger partial charge in [0.05, 0.1) is 11.3 Å². The van der Waals surface area contributed by atoms with Gasteiger partial charge in [-0.3, -0.25) is 0 Å². The summed E-state index contributed by atoms with van der Waals surface area (Å²) in [7, 11) is 0. The van der Waals surface area contributed by atoms with Crippen LogP contribution >= 0.6 is 0 Å². The maximum absolute atomic E-state index is 11.6. The van der Waals surface area contributed by atoms with Crippen molar-refractivity contribution in [2.24, 2.45) is 0 Å². The summed E-state index contributed by atoms with van der Waals surface area (Å²) in [5, 5.41) is 8.62. The fourth-order valence-corrected chi connectivity index (χ4v) is 1.04. The highest BCUT2D eigenvalue weighted by molar-refractivity contribution is 5.93. The van der Waals surface area contributed by atoms with E-state index in [1.165, 1.54) is 12.3 Å². The lowest BCUT2D eigenvalue weighted by Gasteiger charge is -2.19. The van der Waals surface area contributed by atoms with Crippen LogP contribution in [0.25, 0.3) is 0 Å². The summed E-state index contributed by atoms with van der Waals surface area (Å²) in [6.07, 6.45) is 1.29. The molecule has 0 amide bonds. The predicted octanol–water partition coefficient (Wildman–Crippen LogP) is 1.49.